The quantitative estimate of drug-likeness (QED) is 0.561. The van der Waals surface area contributed by atoms with E-state index in [9.17, 15) is 0 Å². The molecule has 0 spiro atoms. The van der Waals surface area contributed by atoms with Crippen LogP contribution in [0.2, 0.25) is 0 Å². The Labute approximate surface area is 59.9 Å². The zero-order chi connectivity index (χ0) is 6.53. The van der Waals surface area contributed by atoms with E-state index in [2.05, 4.69) is 5.32 Å². The van der Waals surface area contributed by atoms with Crippen molar-refractivity contribution < 1.29 is 4.28 Å². The van der Waals surface area contributed by atoms with Crippen LogP contribution in [0.15, 0.2) is 0 Å². The van der Waals surface area contributed by atoms with Crippen molar-refractivity contribution in [1.29, 1.82) is 0 Å². The maximum atomic E-state index is 5.19. The highest BCUT2D eigenvalue weighted by Gasteiger charge is 2.08. The van der Waals surface area contributed by atoms with E-state index in [0.717, 1.165) is 26.2 Å². The average molecular weight is 148 g/mol. The number of hydrogen-bond donors (Lipinski definition) is 1. The smallest absolute Gasteiger partial charge is 0.0378 e. The molecule has 1 rings (SSSR count). The van der Waals surface area contributed by atoms with Crippen molar-refractivity contribution in [1.82, 2.24) is 10.4 Å². The lowest BCUT2D eigenvalue weighted by Gasteiger charge is -2.24. The topological polar surface area (TPSA) is 24.5 Å². The van der Waals surface area contributed by atoms with Gasteiger partial charge in [0, 0.05) is 44.5 Å². The Hall–Kier alpha value is 0.230. The van der Waals surface area contributed by atoms with Gasteiger partial charge in [0.15, 0.2) is 0 Å². The summed E-state index contributed by atoms with van der Waals surface area (Å²) < 4.78 is 5.19. The predicted octanol–water partition coefficient (Wildman–Crippen LogP) is 0.101. The Morgan fingerprint density at radius 1 is 1.44 bits per heavy atom. The van der Waals surface area contributed by atoms with Crippen molar-refractivity contribution in [2.45, 2.75) is 0 Å². The molecule has 1 heterocycles. The zero-order valence-electron chi connectivity index (χ0n) is 5.59. The summed E-state index contributed by atoms with van der Waals surface area (Å²) in [6, 6.07) is 0. The van der Waals surface area contributed by atoms with E-state index in [0.29, 0.717) is 0 Å². The van der Waals surface area contributed by atoms with Gasteiger partial charge in [-0.1, -0.05) is 0 Å². The van der Waals surface area contributed by atoms with E-state index < -0.39 is 0 Å². The molecule has 1 aliphatic rings. The summed E-state index contributed by atoms with van der Waals surface area (Å²) in [4.78, 5) is 0. The monoisotopic (exact) mass is 148 g/mol. The molecule has 0 aromatic rings. The van der Waals surface area contributed by atoms with Crippen molar-refractivity contribution >= 4 is 12.0 Å². The molecule has 3 nitrogen and oxygen atoms in total. The third-order valence-electron chi connectivity index (χ3n) is 1.26. The van der Waals surface area contributed by atoms with Crippen LogP contribution in [0.1, 0.15) is 0 Å². The van der Waals surface area contributed by atoms with Gasteiger partial charge in [-0.2, -0.15) is 5.06 Å². The molecule has 0 aliphatic carbocycles. The molecule has 54 valence electrons. The number of nitrogens with zero attached hydrogens (tertiary/aromatic N) is 1. The van der Waals surface area contributed by atoms with Gasteiger partial charge in [0.1, 0.15) is 0 Å². The number of piperazine rings is 1. The van der Waals surface area contributed by atoms with E-state index in [1.807, 2.05) is 11.3 Å². The fraction of sp³-hybridized carbons (Fsp3) is 1.00. The Morgan fingerprint density at radius 2 is 2.11 bits per heavy atom. The maximum absolute atomic E-state index is 5.19. The highest BCUT2D eigenvalue weighted by atomic mass is 32.2. The van der Waals surface area contributed by atoms with Crippen molar-refractivity contribution in [3.05, 3.63) is 0 Å². The molecule has 0 aromatic carbocycles. The van der Waals surface area contributed by atoms with Gasteiger partial charge in [-0.3, -0.25) is 0 Å². The lowest BCUT2D eigenvalue weighted by atomic mass is 10.4. The second-order valence-electron chi connectivity index (χ2n) is 1.92. The number of nitrogens with one attached hydrogen (secondary N) is 1. The SMILES string of the molecule is CSON1CCNCC1. The van der Waals surface area contributed by atoms with Crippen molar-refractivity contribution in [2.75, 3.05) is 32.4 Å². The summed E-state index contributed by atoms with van der Waals surface area (Å²) in [6.45, 7) is 4.09. The third kappa shape index (κ3) is 2.53. The molecular formula is C5H12N2OS. The Kier molecular flexibility index (Phi) is 3.35. The van der Waals surface area contributed by atoms with Gasteiger partial charge in [-0.15, -0.1) is 0 Å². The molecule has 0 unspecified atom stereocenters. The molecule has 1 N–H and O–H groups in total. The molecule has 4 heteroatoms. The summed E-state index contributed by atoms with van der Waals surface area (Å²) >= 11 is 1.41. The molecule has 1 aliphatic heterocycles. The molecule has 1 saturated heterocycles. The van der Waals surface area contributed by atoms with E-state index in [1.54, 1.807) is 0 Å². The van der Waals surface area contributed by atoms with Crippen LogP contribution in [0.25, 0.3) is 0 Å². The summed E-state index contributed by atoms with van der Waals surface area (Å²) in [5.74, 6) is 0. The Morgan fingerprint density at radius 3 is 2.67 bits per heavy atom. The van der Waals surface area contributed by atoms with Crippen molar-refractivity contribution in [3.8, 4) is 0 Å². The van der Waals surface area contributed by atoms with Crippen LogP contribution >= 0.6 is 12.0 Å². The van der Waals surface area contributed by atoms with E-state index >= 15 is 0 Å². The van der Waals surface area contributed by atoms with Gasteiger partial charge in [0.05, 0.1) is 0 Å². The summed E-state index contributed by atoms with van der Waals surface area (Å²) in [5.41, 5.74) is 0. The van der Waals surface area contributed by atoms with E-state index in [1.165, 1.54) is 12.0 Å². The first kappa shape index (κ1) is 7.34. The number of hydroxylamine groups is 2. The summed E-state index contributed by atoms with van der Waals surface area (Å²) in [6.07, 6.45) is 1.93. The van der Waals surface area contributed by atoms with Gasteiger partial charge in [-0.05, 0) is 0 Å². The zero-order valence-corrected chi connectivity index (χ0v) is 6.41. The first-order valence-electron chi connectivity index (χ1n) is 3.10. The first-order valence-corrected chi connectivity index (χ1v) is 4.25. The summed E-state index contributed by atoms with van der Waals surface area (Å²) in [5, 5.41) is 5.22. The predicted molar refractivity (Wildman–Crippen MR) is 39.0 cm³/mol. The fourth-order valence-corrected chi connectivity index (χ4v) is 1.18. The second kappa shape index (κ2) is 4.11. The van der Waals surface area contributed by atoms with E-state index in [-0.39, 0.29) is 0 Å². The highest BCUT2D eigenvalue weighted by Crippen LogP contribution is 2.01. The van der Waals surface area contributed by atoms with Crippen LogP contribution in [0, 0.1) is 0 Å². The Balaban J connectivity index is 2.08. The van der Waals surface area contributed by atoms with Gasteiger partial charge >= 0.3 is 0 Å². The van der Waals surface area contributed by atoms with Crippen LogP contribution in [0.5, 0.6) is 0 Å². The third-order valence-corrected chi connectivity index (χ3v) is 1.62. The minimum absolute atomic E-state index is 1.00. The van der Waals surface area contributed by atoms with Gasteiger partial charge in [-0.25, -0.2) is 4.28 Å². The van der Waals surface area contributed by atoms with Crippen LogP contribution in [0.3, 0.4) is 0 Å². The molecule has 0 saturated carbocycles. The molecule has 0 atom stereocenters. The standard InChI is InChI=1S/C5H12N2OS/c1-9-8-7-4-2-6-3-5-7/h6H,2-5H2,1H3. The van der Waals surface area contributed by atoms with Gasteiger partial charge in [0.25, 0.3) is 0 Å². The normalized spacial score (nSPS) is 22.3. The van der Waals surface area contributed by atoms with E-state index in [4.69, 9.17) is 4.28 Å². The maximum Gasteiger partial charge on any atom is 0.0378 e. The van der Waals surface area contributed by atoms with Crippen LogP contribution in [-0.4, -0.2) is 37.5 Å². The van der Waals surface area contributed by atoms with Crippen LogP contribution in [0.4, 0.5) is 0 Å². The lowest BCUT2D eigenvalue weighted by Crippen LogP contribution is -2.42. The van der Waals surface area contributed by atoms with Crippen molar-refractivity contribution in [2.24, 2.45) is 0 Å². The highest BCUT2D eigenvalue weighted by molar-refractivity contribution is 7.93. The first-order chi connectivity index (χ1) is 4.43. The molecular weight excluding hydrogens is 136 g/mol. The minimum atomic E-state index is 1.00. The van der Waals surface area contributed by atoms with Gasteiger partial charge in [0.2, 0.25) is 0 Å². The Bertz CT molecular complexity index is 72.6. The van der Waals surface area contributed by atoms with Gasteiger partial charge < -0.3 is 5.32 Å². The van der Waals surface area contributed by atoms with Crippen molar-refractivity contribution in [3.63, 3.8) is 0 Å². The lowest BCUT2D eigenvalue weighted by molar-refractivity contribution is -0.0457. The largest absolute Gasteiger partial charge is 0.314 e. The number of hydrogen-bond acceptors (Lipinski definition) is 4. The second-order valence-corrected chi connectivity index (χ2v) is 2.40. The van der Waals surface area contributed by atoms with Crippen LogP contribution in [-0.2, 0) is 4.28 Å². The molecule has 0 radical (unpaired) electrons. The minimum Gasteiger partial charge on any atom is -0.314 e. The fourth-order valence-electron chi connectivity index (χ4n) is 0.824. The van der Waals surface area contributed by atoms with Crippen LogP contribution < -0.4 is 5.32 Å². The molecule has 0 bridgehead atoms. The number of rotatable bonds is 2. The molecule has 0 aromatic heterocycles. The molecule has 0 amide bonds. The average Bonchev–Trinajstić information content (AvgIpc) is 1.91. The summed E-state index contributed by atoms with van der Waals surface area (Å²) in [7, 11) is 0. The molecule has 1 fully saturated rings. The molecule has 9 heavy (non-hydrogen) atoms.